The molecule has 0 bridgehead atoms. The third-order valence-corrected chi connectivity index (χ3v) is 4.58. The Bertz CT molecular complexity index is 743. The molecule has 1 rings (SSSR count). The molecule has 0 aliphatic carbocycles. The Morgan fingerprint density at radius 2 is 1.39 bits per heavy atom. The van der Waals surface area contributed by atoms with Gasteiger partial charge in [-0.15, -0.1) is 0 Å². The number of ether oxygens (including phenoxy) is 2. The van der Waals surface area contributed by atoms with Gasteiger partial charge in [-0.25, -0.2) is 14.4 Å². The van der Waals surface area contributed by atoms with Crippen molar-refractivity contribution < 1.29 is 23.9 Å². The summed E-state index contributed by atoms with van der Waals surface area (Å²) >= 11 is 0. The van der Waals surface area contributed by atoms with Crippen LogP contribution in [-0.4, -0.2) is 37.7 Å². The van der Waals surface area contributed by atoms with Crippen LogP contribution in [0.4, 0.5) is 10.5 Å². The number of amides is 2. The molecule has 33 heavy (non-hydrogen) atoms. The summed E-state index contributed by atoms with van der Waals surface area (Å²) in [5, 5.41) is 5.63. The largest absolute Gasteiger partial charge is 0.462 e. The zero-order chi connectivity index (χ0) is 24.6. The first-order valence-electron chi connectivity index (χ1n) is 11.9. The summed E-state index contributed by atoms with van der Waals surface area (Å²) in [5.74, 6) is -1.12. The minimum atomic E-state index is -0.710. The Kier molecular flexibility index (Phi) is 13.6. The van der Waals surface area contributed by atoms with Crippen molar-refractivity contribution >= 4 is 29.7 Å². The van der Waals surface area contributed by atoms with Crippen LogP contribution in [-0.2, 0) is 19.1 Å². The highest BCUT2D eigenvalue weighted by Crippen LogP contribution is 2.15. The average molecular weight is 461 g/mol. The summed E-state index contributed by atoms with van der Waals surface area (Å²) in [6.45, 7) is 10.9. The average Bonchev–Trinajstić information content (AvgIpc) is 2.77. The van der Waals surface area contributed by atoms with Gasteiger partial charge in [-0.2, -0.15) is 0 Å². The smallest absolute Gasteiger partial charge is 0.345 e. The highest BCUT2D eigenvalue weighted by molar-refractivity contribution is 6.17. The molecule has 7 heteroatoms. The van der Waals surface area contributed by atoms with Crippen molar-refractivity contribution in [1.29, 1.82) is 0 Å². The number of benzene rings is 1. The molecule has 0 atom stereocenters. The van der Waals surface area contributed by atoms with Crippen LogP contribution in [0.1, 0.15) is 72.3 Å². The fraction of sp³-hybridized carbons (Fsp3) is 0.577. The lowest BCUT2D eigenvalue weighted by atomic mass is 10.1. The number of nitrogens with one attached hydrogen (secondary N) is 2. The number of carbonyl (C=O) groups is 3. The van der Waals surface area contributed by atoms with Crippen LogP contribution in [0.5, 0.6) is 0 Å². The summed E-state index contributed by atoms with van der Waals surface area (Å²) in [7, 11) is 0. The van der Waals surface area contributed by atoms with E-state index in [0.29, 0.717) is 17.8 Å². The topological polar surface area (TPSA) is 93.7 Å². The Morgan fingerprint density at radius 3 is 1.91 bits per heavy atom. The molecule has 0 aliphatic heterocycles. The first kappa shape index (κ1) is 28.2. The van der Waals surface area contributed by atoms with E-state index in [1.165, 1.54) is 25.3 Å². The lowest BCUT2D eigenvalue weighted by molar-refractivity contribution is -0.148. The van der Waals surface area contributed by atoms with Crippen LogP contribution < -0.4 is 10.6 Å². The van der Waals surface area contributed by atoms with Crippen LogP contribution >= 0.6 is 0 Å². The van der Waals surface area contributed by atoms with Crippen molar-refractivity contribution in [2.24, 2.45) is 11.8 Å². The highest BCUT2D eigenvalue weighted by atomic mass is 16.6. The Balaban J connectivity index is 2.74. The third kappa shape index (κ3) is 12.7. The monoisotopic (exact) mass is 460 g/mol. The molecule has 0 heterocycles. The molecule has 0 aliphatic rings. The maximum absolute atomic E-state index is 12.5. The van der Waals surface area contributed by atoms with Crippen molar-refractivity contribution in [2.45, 2.75) is 66.7 Å². The van der Waals surface area contributed by atoms with Crippen molar-refractivity contribution in [3.63, 3.8) is 0 Å². The molecule has 0 radical (unpaired) electrons. The van der Waals surface area contributed by atoms with E-state index in [9.17, 15) is 14.4 Å². The summed E-state index contributed by atoms with van der Waals surface area (Å²) in [4.78, 5) is 37.0. The zero-order valence-electron chi connectivity index (χ0n) is 20.7. The molecule has 0 aromatic heterocycles. The van der Waals surface area contributed by atoms with E-state index >= 15 is 0 Å². The molecule has 1 aromatic carbocycles. The number of anilines is 1. The molecule has 0 saturated heterocycles. The predicted octanol–water partition coefficient (Wildman–Crippen LogP) is 5.56. The molecule has 0 saturated carbocycles. The normalized spacial score (nSPS) is 10.6. The van der Waals surface area contributed by atoms with E-state index in [4.69, 9.17) is 9.47 Å². The highest BCUT2D eigenvalue weighted by Gasteiger charge is 2.22. The van der Waals surface area contributed by atoms with Gasteiger partial charge in [-0.05, 0) is 42.0 Å². The number of urea groups is 1. The van der Waals surface area contributed by atoms with Gasteiger partial charge in [0.2, 0.25) is 0 Å². The standard InChI is InChI=1S/C26H40N2O5/c1-6-7-8-9-10-15-27-26(31)28-22-13-11-21(12-14-22)16-23(24(29)32-17-19(2)3)25(30)33-18-20(4)5/h11-14,16,19-20H,6-10,15,17-18H2,1-5H3,(H2,27,28,31). The number of esters is 2. The molecule has 0 spiro atoms. The predicted molar refractivity (Wildman–Crippen MR) is 132 cm³/mol. The van der Waals surface area contributed by atoms with Gasteiger partial charge in [0.25, 0.3) is 0 Å². The summed E-state index contributed by atoms with van der Waals surface area (Å²) in [6.07, 6.45) is 7.12. The maximum atomic E-state index is 12.5. The SMILES string of the molecule is CCCCCCCNC(=O)Nc1ccc(C=C(C(=O)OCC(C)C)C(=O)OCC(C)C)cc1. The van der Waals surface area contributed by atoms with E-state index < -0.39 is 11.9 Å². The molecule has 184 valence electrons. The van der Waals surface area contributed by atoms with E-state index in [1.54, 1.807) is 24.3 Å². The van der Waals surface area contributed by atoms with Crippen molar-refractivity contribution in [3.8, 4) is 0 Å². The lowest BCUT2D eigenvalue weighted by Gasteiger charge is -2.12. The zero-order valence-corrected chi connectivity index (χ0v) is 20.7. The van der Waals surface area contributed by atoms with Crippen LogP contribution in [0, 0.1) is 11.8 Å². The maximum Gasteiger partial charge on any atom is 0.345 e. The van der Waals surface area contributed by atoms with Crippen molar-refractivity contribution in [2.75, 3.05) is 25.1 Å². The third-order valence-electron chi connectivity index (χ3n) is 4.58. The summed E-state index contributed by atoms with van der Waals surface area (Å²) in [6, 6.07) is 6.59. The summed E-state index contributed by atoms with van der Waals surface area (Å²) in [5.41, 5.74) is 1.08. The molecular weight excluding hydrogens is 420 g/mol. The van der Waals surface area contributed by atoms with E-state index in [1.807, 2.05) is 27.7 Å². The molecule has 0 fully saturated rings. The second kappa shape index (κ2) is 15.9. The number of unbranched alkanes of at least 4 members (excludes halogenated alkanes) is 4. The van der Waals surface area contributed by atoms with Gasteiger partial charge in [-0.1, -0.05) is 72.4 Å². The van der Waals surface area contributed by atoms with E-state index in [2.05, 4.69) is 17.6 Å². The van der Waals surface area contributed by atoms with Gasteiger partial charge in [-0.3, -0.25) is 0 Å². The molecule has 0 unspecified atom stereocenters. The fourth-order valence-corrected chi connectivity index (χ4v) is 2.78. The molecule has 2 N–H and O–H groups in total. The van der Waals surface area contributed by atoms with Crippen molar-refractivity contribution in [1.82, 2.24) is 5.32 Å². The van der Waals surface area contributed by atoms with Crippen LogP contribution in [0.15, 0.2) is 29.8 Å². The number of hydrogen-bond acceptors (Lipinski definition) is 5. The van der Waals surface area contributed by atoms with Crippen LogP contribution in [0.25, 0.3) is 6.08 Å². The number of hydrogen-bond donors (Lipinski definition) is 2. The quantitative estimate of drug-likeness (QED) is 0.125. The van der Waals surface area contributed by atoms with Gasteiger partial charge >= 0.3 is 18.0 Å². The van der Waals surface area contributed by atoms with E-state index in [0.717, 1.165) is 12.8 Å². The number of rotatable bonds is 14. The van der Waals surface area contributed by atoms with Gasteiger partial charge in [0.1, 0.15) is 5.57 Å². The summed E-state index contributed by atoms with van der Waals surface area (Å²) < 4.78 is 10.5. The van der Waals surface area contributed by atoms with Gasteiger partial charge in [0, 0.05) is 12.2 Å². The molecule has 2 amide bonds. The fourth-order valence-electron chi connectivity index (χ4n) is 2.78. The Hall–Kier alpha value is -2.83. The van der Waals surface area contributed by atoms with Crippen LogP contribution in [0.3, 0.4) is 0 Å². The Labute approximate surface area is 198 Å². The van der Waals surface area contributed by atoms with E-state index in [-0.39, 0.29) is 36.7 Å². The van der Waals surface area contributed by atoms with Crippen LogP contribution in [0.2, 0.25) is 0 Å². The minimum Gasteiger partial charge on any atom is -0.462 e. The van der Waals surface area contributed by atoms with Gasteiger partial charge in [0.05, 0.1) is 13.2 Å². The van der Waals surface area contributed by atoms with Gasteiger partial charge in [0.15, 0.2) is 0 Å². The first-order valence-corrected chi connectivity index (χ1v) is 11.9. The first-order chi connectivity index (χ1) is 15.7. The minimum absolute atomic E-state index is 0.148. The van der Waals surface area contributed by atoms with Crippen molar-refractivity contribution in [3.05, 3.63) is 35.4 Å². The second-order valence-electron chi connectivity index (χ2n) is 8.96. The second-order valence-corrected chi connectivity index (χ2v) is 8.96. The Morgan fingerprint density at radius 1 is 0.848 bits per heavy atom. The molecule has 7 nitrogen and oxygen atoms in total. The van der Waals surface area contributed by atoms with Gasteiger partial charge < -0.3 is 20.1 Å². The lowest BCUT2D eigenvalue weighted by Crippen LogP contribution is -2.29. The number of carbonyl (C=O) groups excluding carboxylic acids is 3. The molecule has 1 aromatic rings. The molecular formula is C26H40N2O5.